The Labute approximate surface area is 241 Å². The van der Waals surface area contributed by atoms with Gasteiger partial charge in [-0.05, 0) is 66.2 Å². The van der Waals surface area contributed by atoms with Crippen molar-refractivity contribution in [1.82, 2.24) is 5.32 Å². The maximum atomic E-state index is 14.2. The second kappa shape index (κ2) is 10.8. The quantitative estimate of drug-likeness (QED) is 0.235. The van der Waals surface area contributed by atoms with E-state index in [1.54, 1.807) is 6.07 Å². The number of carbonyl (C=O) groups excluding carboxylic acids is 2. The lowest BCUT2D eigenvalue weighted by Gasteiger charge is -2.19. The molecular formula is C29H18ClF5N2O4S. The van der Waals surface area contributed by atoms with E-state index in [0.717, 1.165) is 12.1 Å². The molecule has 5 rings (SSSR count). The third-order valence-corrected chi connectivity index (χ3v) is 8.56. The minimum Gasteiger partial charge on any atom is -0.341 e. The topological polar surface area (TPSA) is 92.3 Å². The summed E-state index contributed by atoms with van der Waals surface area (Å²) >= 11 is 6.28. The molecule has 1 heterocycles. The van der Waals surface area contributed by atoms with Crippen molar-refractivity contribution in [3.8, 4) is 0 Å². The van der Waals surface area contributed by atoms with Gasteiger partial charge in [0.05, 0.1) is 22.3 Å². The minimum atomic E-state index is -4.94. The SMILES string of the molecule is O=C(Nc1cc(CS(=O)(=O)c2ccccc2)cc2c1[C@@H](c1cc(F)ccc1Cl)NC2=O)c1cc(F)cc(C(F)(F)F)c1. The molecule has 0 aliphatic carbocycles. The number of anilines is 1. The molecule has 0 unspecified atom stereocenters. The van der Waals surface area contributed by atoms with E-state index in [2.05, 4.69) is 10.6 Å². The molecule has 0 aromatic heterocycles. The molecule has 2 N–H and O–H groups in total. The van der Waals surface area contributed by atoms with Crippen molar-refractivity contribution in [2.24, 2.45) is 0 Å². The number of sulfone groups is 1. The van der Waals surface area contributed by atoms with Gasteiger partial charge in [-0.1, -0.05) is 29.8 Å². The summed E-state index contributed by atoms with van der Waals surface area (Å²) in [6, 6.07) is 13.5. The number of benzene rings is 4. The highest BCUT2D eigenvalue weighted by molar-refractivity contribution is 7.90. The Kier molecular flexibility index (Phi) is 7.54. The van der Waals surface area contributed by atoms with Gasteiger partial charge < -0.3 is 10.6 Å². The van der Waals surface area contributed by atoms with Gasteiger partial charge in [0.15, 0.2) is 9.84 Å². The Morgan fingerprint density at radius 3 is 2.33 bits per heavy atom. The molecule has 0 bridgehead atoms. The third-order valence-electron chi connectivity index (χ3n) is 6.51. The number of rotatable bonds is 6. The summed E-state index contributed by atoms with van der Waals surface area (Å²) < 4.78 is 94.2. The maximum Gasteiger partial charge on any atom is 0.416 e. The lowest BCUT2D eigenvalue weighted by molar-refractivity contribution is -0.137. The Morgan fingerprint density at radius 1 is 0.929 bits per heavy atom. The van der Waals surface area contributed by atoms with E-state index in [1.165, 1.54) is 42.5 Å². The second-order valence-corrected chi connectivity index (χ2v) is 11.8. The monoisotopic (exact) mass is 620 g/mol. The summed E-state index contributed by atoms with van der Waals surface area (Å²) in [5.74, 6) is -4.48. The van der Waals surface area contributed by atoms with Gasteiger partial charge in [-0.3, -0.25) is 9.59 Å². The molecular weight excluding hydrogens is 603 g/mol. The minimum absolute atomic E-state index is 0.00982. The molecule has 2 amide bonds. The smallest absolute Gasteiger partial charge is 0.341 e. The number of carbonyl (C=O) groups is 2. The van der Waals surface area contributed by atoms with E-state index in [1.807, 2.05) is 0 Å². The van der Waals surface area contributed by atoms with E-state index < -0.39 is 62.4 Å². The summed E-state index contributed by atoms with van der Waals surface area (Å²) in [5, 5.41) is 5.06. The summed E-state index contributed by atoms with van der Waals surface area (Å²) in [4.78, 5) is 26.2. The zero-order valence-electron chi connectivity index (χ0n) is 21.1. The molecule has 1 atom stereocenters. The predicted octanol–water partition coefficient (Wildman–Crippen LogP) is 6.70. The third kappa shape index (κ3) is 5.86. The normalized spacial score (nSPS) is 14.8. The molecule has 0 radical (unpaired) electrons. The highest BCUT2D eigenvalue weighted by Gasteiger charge is 2.36. The molecule has 13 heteroatoms. The highest BCUT2D eigenvalue weighted by Crippen LogP contribution is 2.41. The van der Waals surface area contributed by atoms with Crippen LogP contribution in [-0.4, -0.2) is 20.2 Å². The van der Waals surface area contributed by atoms with Crippen LogP contribution in [0.15, 0.2) is 83.8 Å². The van der Waals surface area contributed by atoms with Gasteiger partial charge in [0.25, 0.3) is 11.8 Å². The van der Waals surface area contributed by atoms with Crippen LogP contribution in [0.3, 0.4) is 0 Å². The predicted molar refractivity (Wildman–Crippen MR) is 144 cm³/mol. The van der Waals surface area contributed by atoms with Gasteiger partial charge in [0, 0.05) is 33.0 Å². The standard InChI is InChI=1S/C29H18ClF5N2O4S/c30-23-7-6-18(31)13-21(23)26-25-22(28(39)37-26)8-15(14-42(40,41)20-4-2-1-3-5-20)9-24(25)36-27(38)16-10-17(29(33,34)35)12-19(32)11-16/h1-13,26H,14H2,(H,36,38)(H,37,39)/t26-/m1/s1. The summed E-state index contributed by atoms with van der Waals surface area (Å²) in [7, 11) is -3.94. The van der Waals surface area contributed by atoms with Crippen LogP contribution in [0, 0.1) is 11.6 Å². The van der Waals surface area contributed by atoms with Crippen LogP contribution >= 0.6 is 11.6 Å². The number of halogens is 6. The first kappa shape index (κ1) is 29.2. The number of fused-ring (bicyclic) bond motifs is 1. The molecule has 4 aromatic rings. The van der Waals surface area contributed by atoms with Crippen LogP contribution < -0.4 is 10.6 Å². The van der Waals surface area contributed by atoms with Gasteiger partial charge in [-0.25, -0.2) is 17.2 Å². The number of nitrogens with one attached hydrogen (secondary N) is 2. The summed E-state index contributed by atoms with van der Waals surface area (Å²) in [5.41, 5.74) is -2.10. The van der Waals surface area contributed by atoms with E-state index in [9.17, 15) is 40.0 Å². The van der Waals surface area contributed by atoms with E-state index >= 15 is 0 Å². The van der Waals surface area contributed by atoms with Crippen molar-refractivity contribution < 1.29 is 40.0 Å². The first-order valence-electron chi connectivity index (χ1n) is 12.1. The van der Waals surface area contributed by atoms with Crippen LogP contribution in [0.4, 0.5) is 27.6 Å². The Morgan fingerprint density at radius 2 is 1.64 bits per heavy atom. The molecule has 6 nitrogen and oxygen atoms in total. The number of amides is 2. The van der Waals surface area contributed by atoms with Crippen LogP contribution in [-0.2, 0) is 21.8 Å². The fourth-order valence-corrected chi connectivity index (χ4v) is 6.23. The molecule has 4 aromatic carbocycles. The molecule has 0 saturated carbocycles. The van der Waals surface area contributed by atoms with E-state index in [4.69, 9.17) is 11.6 Å². The van der Waals surface area contributed by atoms with Gasteiger partial charge >= 0.3 is 6.18 Å². The van der Waals surface area contributed by atoms with Crippen molar-refractivity contribution in [2.45, 2.75) is 22.9 Å². The fraction of sp³-hybridized carbons (Fsp3) is 0.103. The van der Waals surface area contributed by atoms with Gasteiger partial charge in [0.2, 0.25) is 0 Å². The highest BCUT2D eigenvalue weighted by atomic mass is 35.5. The van der Waals surface area contributed by atoms with Gasteiger partial charge in [-0.15, -0.1) is 0 Å². The van der Waals surface area contributed by atoms with Crippen LogP contribution in [0.2, 0.25) is 5.02 Å². The zero-order chi connectivity index (χ0) is 30.4. The second-order valence-electron chi connectivity index (χ2n) is 9.43. The molecule has 1 aliphatic rings. The van der Waals surface area contributed by atoms with Crippen LogP contribution in [0.5, 0.6) is 0 Å². The van der Waals surface area contributed by atoms with Crippen molar-refractivity contribution >= 4 is 38.9 Å². The largest absolute Gasteiger partial charge is 0.416 e. The first-order chi connectivity index (χ1) is 19.7. The van der Waals surface area contributed by atoms with Crippen molar-refractivity contribution in [2.75, 3.05) is 5.32 Å². The average Bonchev–Trinajstić information content (AvgIpc) is 3.25. The van der Waals surface area contributed by atoms with Crippen molar-refractivity contribution in [3.05, 3.63) is 129 Å². The lowest BCUT2D eigenvalue weighted by Crippen LogP contribution is -2.21. The molecule has 0 fully saturated rings. The van der Waals surface area contributed by atoms with Gasteiger partial charge in [-0.2, -0.15) is 13.2 Å². The summed E-state index contributed by atoms with van der Waals surface area (Å²) in [6.07, 6.45) is -4.94. The van der Waals surface area contributed by atoms with Gasteiger partial charge in [0.1, 0.15) is 11.6 Å². The lowest BCUT2D eigenvalue weighted by atomic mass is 9.94. The maximum absolute atomic E-state index is 14.2. The fourth-order valence-electron chi connectivity index (χ4n) is 4.66. The summed E-state index contributed by atoms with van der Waals surface area (Å²) in [6.45, 7) is 0. The molecule has 42 heavy (non-hydrogen) atoms. The van der Waals surface area contributed by atoms with E-state index in [-0.39, 0.29) is 43.9 Å². The zero-order valence-corrected chi connectivity index (χ0v) is 22.7. The molecule has 216 valence electrons. The van der Waals surface area contributed by atoms with Crippen molar-refractivity contribution in [1.29, 1.82) is 0 Å². The first-order valence-corrected chi connectivity index (χ1v) is 14.2. The molecule has 1 aliphatic heterocycles. The van der Waals surface area contributed by atoms with Crippen LogP contribution in [0.1, 0.15) is 49.0 Å². The number of hydrogen-bond acceptors (Lipinski definition) is 4. The van der Waals surface area contributed by atoms with Crippen LogP contribution in [0.25, 0.3) is 0 Å². The van der Waals surface area contributed by atoms with E-state index in [0.29, 0.717) is 12.1 Å². The number of alkyl halides is 3. The molecule has 0 saturated heterocycles. The average molecular weight is 621 g/mol. The Bertz CT molecular complexity index is 1850. The Hall–Kier alpha value is -4.29. The Balaban J connectivity index is 1.63. The number of hydrogen-bond donors (Lipinski definition) is 2. The molecule has 0 spiro atoms. The van der Waals surface area contributed by atoms with Crippen molar-refractivity contribution in [3.63, 3.8) is 0 Å².